The van der Waals surface area contributed by atoms with Crippen molar-refractivity contribution >= 4 is 5.91 Å². The largest absolute Gasteiger partial charge is 0.394 e. The molecule has 0 aromatic heterocycles. The number of primary amides is 1. The Kier molecular flexibility index (Phi) is 28.5. The van der Waals surface area contributed by atoms with Crippen LogP contribution in [-0.4, -0.2) is 279 Å². The summed E-state index contributed by atoms with van der Waals surface area (Å²) in [6.45, 7) is -2.24. The van der Waals surface area contributed by atoms with Gasteiger partial charge in [0.2, 0.25) is 5.91 Å². The molecule has 5 heterocycles. The lowest BCUT2D eigenvalue weighted by Crippen LogP contribution is -2.68. The summed E-state index contributed by atoms with van der Waals surface area (Å²) in [6, 6.07) is 0. The molecule has 19 N–H and O–H groups in total. The predicted octanol–water partition coefficient (Wildman–Crippen LogP) is -6.97. The molecule has 0 saturated carbocycles. The molecule has 5 rings (SSSR count). The SMILES string of the molecule is CCCCCCCCCCCCCCCC(N)=O.OC[C@H]1O[C@H](O[C@H]2[C@H](O)[C@@H](O)[C@@H](O[C@H]3[C@H](O)[C@@H](O)[C@@H](O[C@H]4[C@H](O)[C@@H](O)[C@@H](O[C@H]5[C@H](O)[C@@H](O)[C@@H](O)O[C@@H]5CO)O[C@@H]4CO)O[C@@H]3CO)O[C@@H]2CO)[C@H](O)[C@@H](O)[C@@H]1O. The molecule has 28 heteroatoms. The van der Waals surface area contributed by atoms with Gasteiger partial charge in [-0.15, -0.1) is 0 Å². The highest BCUT2D eigenvalue weighted by atomic mass is 16.8. The molecule has 74 heavy (non-hydrogen) atoms. The number of rotatable bonds is 27. The topological polar surface area (TPSA) is 470 Å². The highest BCUT2D eigenvalue weighted by molar-refractivity contribution is 5.73. The fourth-order valence-electron chi connectivity index (χ4n) is 9.35. The molecule has 436 valence electrons. The van der Waals surface area contributed by atoms with E-state index in [0.29, 0.717) is 6.42 Å². The number of unbranched alkanes of at least 4 members (excludes halogenated alkanes) is 12. The Labute approximate surface area is 428 Å². The number of hydrogen-bond acceptors (Lipinski definition) is 27. The molecule has 5 aliphatic rings. The van der Waals surface area contributed by atoms with E-state index in [0.717, 1.165) is 6.42 Å². The maximum Gasteiger partial charge on any atom is 0.217 e. The first-order valence-electron chi connectivity index (χ1n) is 25.7. The van der Waals surface area contributed by atoms with Crippen LogP contribution in [0.15, 0.2) is 0 Å². The third-order valence-electron chi connectivity index (χ3n) is 13.8. The third kappa shape index (κ3) is 17.5. The van der Waals surface area contributed by atoms with Crippen LogP contribution in [0.5, 0.6) is 0 Å². The second-order valence-electron chi connectivity index (χ2n) is 19.4. The fraction of sp³-hybridized carbons (Fsp3) is 0.978. The summed E-state index contributed by atoms with van der Waals surface area (Å²) in [5.74, 6) is -0.155. The third-order valence-corrected chi connectivity index (χ3v) is 13.8. The minimum atomic E-state index is -2.12. The Hall–Kier alpha value is -1.57. The molecular formula is C46H85NO27. The van der Waals surface area contributed by atoms with E-state index in [1.54, 1.807) is 0 Å². The standard InChI is InChI=1S/C30H52O26.C16H33NO/c31-1-6-11(36)12(37)18(43)27(49-6)54-23-8(3-33)51-29(20(45)14(23)39)56-25-10(5-35)52-30(21(46)16(25)41)55-24-9(4-34)50-28(19(44)15(24)40)53-22-7(2-32)48-26(47)17(42)13(22)38;1-2-3-4-5-6-7-8-9-10-11-12-13-14-15-16(17)18/h6-47H,1-5H2;2-15H2,1H3,(H2,17,18)/t6-,7-,8-,9-,10-,11-,12+,13-,14-,15-,16-,17-,18-,19-,20-,21-,22-,23-,24-,25-,26+,27-,28-,29-,30-;/m1./s1. The van der Waals surface area contributed by atoms with Crippen LogP contribution < -0.4 is 5.73 Å². The first-order chi connectivity index (χ1) is 35.3. The van der Waals surface area contributed by atoms with Gasteiger partial charge >= 0.3 is 0 Å². The first kappa shape index (κ1) is 65.0. The van der Waals surface area contributed by atoms with Crippen molar-refractivity contribution in [3.63, 3.8) is 0 Å². The molecule has 0 radical (unpaired) electrons. The Morgan fingerprint density at radius 3 is 0.932 bits per heavy atom. The zero-order valence-corrected chi connectivity index (χ0v) is 41.6. The van der Waals surface area contributed by atoms with E-state index in [2.05, 4.69) is 6.92 Å². The Morgan fingerprint density at radius 1 is 0.351 bits per heavy atom. The number of carbonyl (C=O) groups is 1. The number of hydrogen-bond donors (Lipinski definition) is 18. The maximum atomic E-state index is 11.1. The van der Waals surface area contributed by atoms with E-state index in [4.69, 9.17) is 48.4 Å². The second-order valence-corrected chi connectivity index (χ2v) is 19.4. The number of ether oxygens (including phenoxy) is 9. The predicted molar refractivity (Wildman–Crippen MR) is 246 cm³/mol. The van der Waals surface area contributed by atoms with Crippen molar-refractivity contribution in [1.29, 1.82) is 0 Å². The van der Waals surface area contributed by atoms with Crippen molar-refractivity contribution in [2.24, 2.45) is 5.73 Å². The van der Waals surface area contributed by atoms with E-state index in [1.807, 2.05) is 0 Å². The van der Waals surface area contributed by atoms with Crippen molar-refractivity contribution < 1.29 is 134 Å². The van der Waals surface area contributed by atoms with Gasteiger partial charge in [-0.3, -0.25) is 4.79 Å². The van der Waals surface area contributed by atoms with E-state index >= 15 is 0 Å². The number of amides is 1. The van der Waals surface area contributed by atoms with Gasteiger partial charge in [0.15, 0.2) is 31.5 Å². The monoisotopic (exact) mass is 1080 g/mol. The second kappa shape index (κ2) is 32.5. The lowest BCUT2D eigenvalue weighted by Gasteiger charge is -2.49. The highest BCUT2D eigenvalue weighted by Gasteiger charge is 2.56. The molecular weight excluding hydrogens is 998 g/mol. The lowest BCUT2D eigenvalue weighted by atomic mass is 9.95. The van der Waals surface area contributed by atoms with E-state index in [-0.39, 0.29) is 5.91 Å². The number of aliphatic hydroxyl groups is 17. The number of aliphatic hydroxyl groups excluding tert-OH is 17. The lowest BCUT2D eigenvalue weighted by molar-refractivity contribution is -0.392. The van der Waals surface area contributed by atoms with Crippen molar-refractivity contribution in [1.82, 2.24) is 0 Å². The van der Waals surface area contributed by atoms with Gasteiger partial charge in [0, 0.05) is 6.42 Å². The van der Waals surface area contributed by atoms with Crippen molar-refractivity contribution in [2.75, 3.05) is 33.0 Å². The van der Waals surface area contributed by atoms with E-state index < -0.39 is 187 Å². The van der Waals surface area contributed by atoms with Crippen molar-refractivity contribution in [3.8, 4) is 0 Å². The van der Waals surface area contributed by atoms with Gasteiger partial charge in [0.25, 0.3) is 0 Å². The van der Waals surface area contributed by atoms with Crippen LogP contribution >= 0.6 is 0 Å². The first-order valence-corrected chi connectivity index (χ1v) is 25.7. The normalized spacial score (nSPS) is 42.9. The molecule has 0 aromatic rings. The van der Waals surface area contributed by atoms with Gasteiger partial charge in [0.05, 0.1) is 33.0 Å². The Balaban J connectivity index is 0.000000560. The van der Waals surface area contributed by atoms with E-state index in [9.17, 15) is 91.6 Å². The summed E-state index contributed by atoms with van der Waals surface area (Å²) < 4.78 is 49.1. The summed E-state index contributed by atoms with van der Waals surface area (Å²) in [5.41, 5.74) is 5.09. The van der Waals surface area contributed by atoms with Crippen LogP contribution in [0.4, 0.5) is 0 Å². The van der Waals surface area contributed by atoms with Crippen LogP contribution in [0.2, 0.25) is 0 Å². The van der Waals surface area contributed by atoms with Crippen LogP contribution in [0.25, 0.3) is 0 Å². The molecule has 0 bridgehead atoms. The van der Waals surface area contributed by atoms with Crippen molar-refractivity contribution in [3.05, 3.63) is 0 Å². The number of carbonyl (C=O) groups excluding carboxylic acids is 1. The Morgan fingerprint density at radius 2 is 0.622 bits per heavy atom. The molecule has 5 aliphatic heterocycles. The number of nitrogens with two attached hydrogens (primary N) is 1. The fourth-order valence-corrected chi connectivity index (χ4v) is 9.35. The smallest absolute Gasteiger partial charge is 0.217 e. The van der Waals surface area contributed by atoms with Gasteiger partial charge < -0.3 is 135 Å². The summed E-state index contributed by atoms with van der Waals surface area (Å²) in [4.78, 5) is 10.5. The molecule has 5 saturated heterocycles. The van der Waals surface area contributed by atoms with Gasteiger partial charge in [-0.2, -0.15) is 0 Å². The summed E-state index contributed by atoms with van der Waals surface area (Å²) in [7, 11) is 0. The van der Waals surface area contributed by atoms with Crippen LogP contribution in [0, 0.1) is 0 Å². The summed E-state index contributed by atoms with van der Waals surface area (Å²) in [6.07, 6.45) is -27.8. The van der Waals surface area contributed by atoms with Crippen molar-refractivity contribution in [2.45, 2.75) is 250 Å². The molecule has 1 amide bonds. The summed E-state index contributed by atoms with van der Waals surface area (Å²) >= 11 is 0. The molecule has 5 fully saturated rings. The van der Waals surface area contributed by atoms with Crippen LogP contribution in [0.1, 0.15) is 96.8 Å². The van der Waals surface area contributed by atoms with Gasteiger partial charge in [-0.25, -0.2) is 0 Å². The molecule has 28 nitrogen and oxygen atoms in total. The minimum absolute atomic E-state index is 0.155. The highest BCUT2D eigenvalue weighted by Crippen LogP contribution is 2.35. The zero-order chi connectivity index (χ0) is 54.8. The van der Waals surface area contributed by atoms with Gasteiger partial charge in [-0.1, -0.05) is 84.0 Å². The van der Waals surface area contributed by atoms with E-state index in [1.165, 1.54) is 77.0 Å². The maximum absolute atomic E-state index is 11.1. The molecule has 0 unspecified atom stereocenters. The molecule has 25 atom stereocenters. The molecule has 0 aliphatic carbocycles. The zero-order valence-electron chi connectivity index (χ0n) is 41.6. The Bertz CT molecular complexity index is 1540. The van der Waals surface area contributed by atoms with Gasteiger partial charge in [-0.05, 0) is 6.42 Å². The van der Waals surface area contributed by atoms with Crippen LogP contribution in [-0.2, 0) is 47.4 Å². The average Bonchev–Trinajstić information content (AvgIpc) is 3.39. The minimum Gasteiger partial charge on any atom is -0.394 e. The molecule has 0 aromatic carbocycles. The van der Waals surface area contributed by atoms with Gasteiger partial charge in [0.1, 0.15) is 122 Å². The summed E-state index contributed by atoms with van der Waals surface area (Å²) in [5, 5.41) is 176. The van der Waals surface area contributed by atoms with Crippen LogP contribution in [0.3, 0.4) is 0 Å². The quantitative estimate of drug-likeness (QED) is 0.0340. The average molecular weight is 1080 g/mol. The molecule has 0 spiro atoms.